The fourth-order valence-corrected chi connectivity index (χ4v) is 3.04. The summed E-state index contributed by atoms with van der Waals surface area (Å²) in [5.74, 6) is 0.855. The first-order valence-corrected chi connectivity index (χ1v) is 7.66. The van der Waals surface area contributed by atoms with Gasteiger partial charge in [0.25, 0.3) is 5.91 Å². The smallest absolute Gasteiger partial charge is 0.257 e. The highest BCUT2D eigenvalue weighted by Crippen LogP contribution is 2.22. The molecule has 1 amide bonds. The topological polar surface area (TPSA) is 49.6 Å². The predicted octanol–water partition coefficient (Wildman–Crippen LogP) is 2.22. The molecule has 0 aliphatic carbocycles. The molecule has 0 atom stereocenters. The molecule has 120 valence electrons. The molecular formula is C16H23ClN4O. The van der Waals surface area contributed by atoms with Crippen LogP contribution in [-0.2, 0) is 0 Å². The number of pyridine rings is 1. The lowest BCUT2D eigenvalue weighted by Crippen LogP contribution is -2.38. The number of aromatic nitrogens is 2. The summed E-state index contributed by atoms with van der Waals surface area (Å²) in [6.07, 6.45) is 6.97. The van der Waals surface area contributed by atoms with Crippen molar-refractivity contribution in [1.29, 1.82) is 0 Å². The Kier molecular flexibility index (Phi) is 5.80. The molecule has 1 fully saturated rings. The van der Waals surface area contributed by atoms with Gasteiger partial charge in [-0.05, 0) is 50.9 Å². The summed E-state index contributed by atoms with van der Waals surface area (Å²) in [5, 5.41) is 7.45. The van der Waals surface area contributed by atoms with E-state index in [1.54, 1.807) is 10.7 Å². The second-order valence-electron chi connectivity index (χ2n) is 5.72. The monoisotopic (exact) mass is 322 g/mol. The highest BCUT2D eigenvalue weighted by Gasteiger charge is 2.25. The third kappa shape index (κ3) is 3.42. The molecule has 0 saturated carbocycles. The van der Waals surface area contributed by atoms with Gasteiger partial charge in [0.15, 0.2) is 0 Å². The van der Waals surface area contributed by atoms with Crippen LogP contribution in [0, 0.1) is 5.92 Å². The molecule has 2 aromatic heterocycles. The summed E-state index contributed by atoms with van der Waals surface area (Å²) in [5.41, 5.74) is 1.60. The first-order chi connectivity index (χ1) is 10.3. The molecule has 0 radical (unpaired) electrons. The van der Waals surface area contributed by atoms with Gasteiger partial charge < -0.3 is 10.2 Å². The number of carbonyl (C=O) groups is 1. The lowest BCUT2D eigenvalue weighted by Gasteiger charge is -2.31. The largest absolute Gasteiger partial charge is 0.339 e. The van der Waals surface area contributed by atoms with Crippen molar-refractivity contribution in [2.24, 2.45) is 5.92 Å². The maximum absolute atomic E-state index is 12.7. The summed E-state index contributed by atoms with van der Waals surface area (Å²) in [4.78, 5) is 14.6. The number of carbonyl (C=O) groups excluding carboxylic acids is 1. The zero-order valence-corrected chi connectivity index (χ0v) is 13.7. The van der Waals surface area contributed by atoms with Gasteiger partial charge in [-0.15, -0.1) is 12.4 Å². The Morgan fingerprint density at radius 1 is 1.36 bits per heavy atom. The van der Waals surface area contributed by atoms with E-state index in [9.17, 15) is 4.79 Å². The van der Waals surface area contributed by atoms with Crippen LogP contribution in [0.15, 0.2) is 30.6 Å². The molecule has 2 aromatic rings. The molecule has 0 spiro atoms. The summed E-state index contributed by atoms with van der Waals surface area (Å²) in [6.45, 7) is 2.78. The zero-order chi connectivity index (χ0) is 14.7. The van der Waals surface area contributed by atoms with E-state index in [1.165, 1.54) is 6.42 Å². The summed E-state index contributed by atoms with van der Waals surface area (Å²) in [7, 11) is 1.99. The number of fused-ring (bicyclic) bond motifs is 1. The van der Waals surface area contributed by atoms with Gasteiger partial charge in [0.2, 0.25) is 0 Å². The number of hydrogen-bond acceptors (Lipinski definition) is 3. The lowest BCUT2D eigenvalue weighted by atomic mass is 9.93. The standard InChI is InChI=1S/C16H22N4O.ClH/c1-17-8-5-13-6-10-19(11-7-13)16(21)14-12-18-20-9-3-2-4-15(14)20;/h2-4,9,12-13,17H,5-8,10-11H2,1H3;1H. The molecule has 3 rings (SSSR count). The highest BCUT2D eigenvalue weighted by atomic mass is 35.5. The number of hydrogen-bond donors (Lipinski definition) is 1. The Balaban J connectivity index is 0.00000176. The van der Waals surface area contributed by atoms with Crippen LogP contribution in [-0.4, -0.2) is 47.1 Å². The minimum absolute atomic E-state index is 0. The van der Waals surface area contributed by atoms with Crippen molar-refractivity contribution >= 4 is 23.8 Å². The van der Waals surface area contributed by atoms with Crippen molar-refractivity contribution in [2.45, 2.75) is 19.3 Å². The van der Waals surface area contributed by atoms with Crippen LogP contribution in [0.3, 0.4) is 0 Å². The third-order valence-corrected chi connectivity index (χ3v) is 4.36. The van der Waals surface area contributed by atoms with Crippen molar-refractivity contribution in [1.82, 2.24) is 19.8 Å². The predicted molar refractivity (Wildman–Crippen MR) is 89.6 cm³/mol. The van der Waals surface area contributed by atoms with Gasteiger partial charge in [-0.2, -0.15) is 5.10 Å². The van der Waals surface area contributed by atoms with Crippen LogP contribution in [0.4, 0.5) is 0 Å². The summed E-state index contributed by atoms with van der Waals surface area (Å²) in [6, 6.07) is 5.80. The summed E-state index contributed by atoms with van der Waals surface area (Å²) < 4.78 is 1.76. The van der Waals surface area contributed by atoms with Crippen LogP contribution in [0.5, 0.6) is 0 Å². The van der Waals surface area contributed by atoms with Gasteiger partial charge in [0.05, 0.1) is 17.3 Å². The molecule has 1 saturated heterocycles. The van der Waals surface area contributed by atoms with E-state index in [2.05, 4.69) is 10.4 Å². The van der Waals surface area contributed by atoms with Crippen molar-refractivity contribution in [3.05, 3.63) is 36.2 Å². The van der Waals surface area contributed by atoms with Crippen LogP contribution in [0.2, 0.25) is 0 Å². The Morgan fingerprint density at radius 2 is 2.14 bits per heavy atom. The molecule has 1 aliphatic rings. The van der Waals surface area contributed by atoms with Gasteiger partial charge in [-0.1, -0.05) is 6.07 Å². The number of nitrogens with zero attached hydrogens (tertiary/aromatic N) is 3. The first kappa shape index (κ1) is 16.8. The Morgan fingerprint density at radius 3 is 2.86 bits per heavy atom. The minimum Gasteiger partial charge on any atom is -0.339 e. The van der Waals surface area contributed by atoms with Gasteiger partial charge in [0, 0.05) is 19.3 Å². The van der Waals surface area contributed by atoms with Crippen molar-refractivity contribution in [3.8, 4) is 0 Å². The number of amides is 1. The molecule has 3 heterocycles. The van der Waals surface area contributed by atoms with Crippen molar-refractivity contribution in [2.75, 3.05) is 26.7 Å². The van der Waals surface area contributed by atoms with E-state index in [0.29, 0.717) is 5.56 Å². The highest BCUT2D eigenvalue weighted by molar-refractivity contribution is 6.00. The zero-order valence-electron chi connectivity index (χ0n) is 12.9. The molecule has 0 unspecified atom stereocenters. The Hall–Kier alpha value is -1.59. The normalized spacial score (nSPS) is 15.8. The van der Waals surface area contributed by atoms with Gasteiger partial charge >= 0.3 is 0 Å². The number of nitrogens with one attached hydrogen (secondary N) is 1. The van der Waals surface area contributed by atoms with E-state index in [-0.39, 0.29) is 18.3 Å². The third-order valence-electron chi connectivity index (χ3n) is 4.36. The van der Waals surface area contributed by atoms with Gasteiger partial charge in [-0.25, -0.2) is 4.52 Å². The number of halogens is 1. The SMILES string of the molecule is CNCCC1CCN(C(=O)c2cnn3ccccc23)CC1.Cl. The van der Waals surface area contributed by atoms with E-state index in [0.717, 1.165) is 43.9 Å². The maximum Gasteiger partial charge on any atom is 0.257 e. The van der Waals surface area contributed by atoms with E-state index in [4.69, 9.17) is 0 Å². The van der Waals surface area contributed by atoms with Gasteiger partial charge in [-0.3, -0.25) is 4.79 Å². The Labute approximate surface area is 137 Å². The molecule has 0 bridgehead atoms. The first-order valence-electron chi connectivity index (χ1n) is 7.66. The van der Waals surface area contributed by atoms with E-state index >= 15 is 0 Å². The van der Waals surface area contributed by atoms with Crippen LogP contribution >= 0.6 is 12.4 Å². The number of rotatable bonds is 4. The van der Waals surface area contributed by atoms with Crippen LogP contribution in [0.25, 0.3) is 5.52 Å². The van der Waals surface area contributed by atoms with Crippen LogP contribution in [0.1, 0.15) is 29.6 Å². The van der Waals surface area contributed by atoms with Crippen molar-refractivity contribution < 1.29 is 4.79 Å². The Bertz CT molecular complexity index is 619. The minimum atomic E-state index is 0. The second-order valence-corrected chi connectivity index (χ2v) is 5.72. The second kappa shape index (κ2) is 7.61. The van der Waals surface area contributed by atoms with E-state index < -0.39 is 0 Å². The molecular weight excluding hydrogens is 300 g/mol. The molecule has 0 aromatic carbocycles. The fraction of sp³-hybridized carbons (Fsp3) is 0.500. The molecule has 1 aliphatic heterocycles. The molecule has 5 nitrogen and oxygen atoms in total. The number of likely N-dealkylation sites (tertiary alicyclic amines) is 1. The average Bonchev–Trinajstić information content (AvgIpc) is 2.97. The van der Waals surface area contributed by atoms with Crippen molar-refractivity contribution in [3.63, 3.8) is 0 Å². The number of piperidine rings is 1. The lowest BCUT2D eigenvalue weighted by molar-refractivity contribution is 0.0689. The average molecular weight is 323 g/mol. The van der Waals surface area contributed by atoms with E-state index in [1.807, 2.05) is 36.3 Å². The fourth-order valence-electron chi connectivity index (χ4n) is 3.04. The van der Waals surface area contributed by atoms with Crippen LogP contribution < -0.4 is 5.32 Å². The molecule has 1 N–H and O–H groups in total. The maximum atomic E-state index is 12.7. The molecule has 6 heteroatoms. The molecule has 22 heavy (non-hydrogen) atoms. The quantitative estimate of drug-likeness (QED) is 0.939. The van der Waals surface area contributed by atoms with Gasteiger partial charge in [0.1, 0.15) is 0 Å². The summed E-state index contributed by atoms with van der Waals surface area (Å²) >= 11 is 0.